The van der Waals surface area contributed by atoms with Gasteiger partial charge in [-0.2, -0.15) is 0 Å². The zero-order chi connectivity index (χ0) is 14.7. The second kappa shape index (κ2) is 6.28. The number of halogens is 1. The van der Waals surface area contributed by atoms with Gasteiger partial charge in [-0.05, 0) is 50.2 Å². The third kappa shape index (κ3) is 3.25. The molecule has 1 aliphatic rings. The summed E-state index contributed by atoms with van der Waals surface area (Å²) in [5, 5.41) is 6.56. The number of amides is 1. The summed E-state index contributed by atoms with van der Waals surface area (Å²) in [6.07, 6.45) is 5.63. The van der Waals surface area contributed by atoms with Crippen molar-refractivity contribution in [1.29, 1.82) is 0 Å². The Balaban J connectivity index is 1.77. The maximum atomic E-state index is 12.4. The molecule has 1 fully saturated rings. The number of carbonyl (C=O) groups excluding carboxylic acids is 1. The van der Waals surface area contributed by atoms with Crippen LogP contribution < -0.4 is 10.6 Å². The van der Waals surface area contributed by atoms with Crippen molar-refractivity contribution in [3.8, 4) is 0 Å². The molecule has 3 heterocycles. The molecule has 5 nitrogen and oxygen atoms in total. The largest absolute Gasteiger partial charge is 0.340 e. The molecule has 2 N–H and O–H groups in total. The first-order valence-electron chi connectivity index (χ1n) is 7.04. The van der Waals surface area contributed by atoms with Crippen LogP contribution in [0.2, 0.25) is 5.15 Å². The number of rotatable bonds is 3. The molecule has 0 saturated carbocycles. The minimum atomic E-state index is -0.124. The SMILES string of the molecule is O=C(Nc1ccnc(Cl)c1)c1cccn1C1CCNCC1. The summed E-state index contributed by atoms with van der Waals surface area (Å²) in [6.45, 7) is 1.98. The Morgan fingerprint density at radius 1 is 1.38 bits per heavy atom. The van der Waals surface area contributed by atoms with Crippen molar-refractivity contribution in [2.75, 3.05) is 18.4 Å². The molecule has 2 aromatic heterocycles. The molecule has 1 saturated heterocycles. The predicted molar refractivity (Wildman–Crippen MR) is 82.8 cm³/mol. The first-order chi connectivity index (χ1) is 10.2. The van der Waals surface area contributed by atoms with Gasteiger partial charge >= 0.3 is 0 Å². The van der Waals surface area contributed by atoms with E-state index in [-0.39, 0.29) is 5.91 Å². The quantitative estimate of drug-likeness (QED) is 0.857. The Hall–Kier alpha value is -1.85. The summed E-state index contributed by atoms with van der Waals surface area (Å²) in [7, 11) is 0. The van der Waals surface area contributed by atoms with Crippen LogP contribution in [-0.2, 0) is 0 Å². The van der Waals surface area contributed by atoms with Crippen LogP contribution in [0.25, 0.3) is 0 Å². The zero-order valence-electron chi connectivity index (χ0n) is 11.6. The summed E-state index contributed by atoms with van der Waals surface area (Å²) in [5.74, 6) is -0.124. The number of nitrogens with one attached hydrogen (secondary N) is 2. The molecule has 21 heavy (non-hydrogen) atoms. The monoisotopic (exact) mass is 304 g/mol. The van der Waals surface area contributed by atoms with Crippen molar-refractivity contribution in [1.82, 2.24) is 14.9 Å². The summed E-state index contributed by atoms with van der Waals surface area (Å²) < 4.78 is 2.07. The standard InChI is InChI=1S/C15H17ClN4O/c16-14-10-11(3-8-18-14)19-15(21)13-2-1-9-20(13)12-4-6-17-7-5-12/h1-3,8-10,12,17H,4-7H2,(H,18,19,21). The number of nitrogens with zero attached hydrogens (tertiary/aromatic N) is 2. The minimum absolute atomic E-state index is 0.124. The number of carbonyl (C=O) groups is 1. The Morgan fingerprint density at radius 3 is 2.95 bits per heavy atom. The van der Waals surface area contributed by atoms with Crippen LogP contribution in [0.1, 0.15) is 29.4 Å². The third-order valence-corrected chi connectivity index (χ3v) is 3.90. The average molecular weight is 305 g/mol. The van der Waals surface area contributed by atoms with Crippen molar-refractivity contribution in [2.24, 2.45) is 0 Å². The van der Waals surface area contributed by atoms with Gasteiger partial charge in [-0.15, -0.1) is 0 Å². The van der Waals surface area contributed by atoms with Gasteiger partial charge in [0.05, 0.1) is 0 Å². The van der Waals surface area contributed by atoms with E-state index in [1.807, 2.05) is 18.3 Å². The summed E-state index contributed by atoms with van der Waals surface area (Å²) in [5.41, 5.74) is 1.33. The van der Waals surface area contributed by atoms with Gasteiger partial charge in [0.1, 0.15) is 10.8 Å². The molecule has 0 aromatic carbocycles. The molecule has 0 radical (unpaired) electrons. The highest BCUT2D eigenvalue weighted by Crippen LogP contribution is 2.22. The average Bonchev–Trinajstić information content (AvgIpc) is 2.98. The van der Waals surface area contributed by atoms with Crippen LogP contribution in [0.3, 0.4) is 0 Å². The second-order valence-electron chi connectivity index (χ2n) is 5.10. The second-order valence-corrected chi connectivity index (χ2v) is 5.49. The summed E-state index contributed by atoms with van der Waals surface area (Å²) in [4.78, 5) is 16.3. The number of anilines is 1. The molecule has 110 valence electrons. The van der Waals surface area contributed by atoms with Gasteiger partial charge < -0.3 is 15.2 Å². The molecule has 0 bridgehead atoms. The van der Waals surface area contributed by atoms with Gasteiger partial charge in [-0.3, -0.25) is 4.79 Å². The van der Waals surface area contributed by atoms with Crippen LogP contribution in [-0.4, -0.2) is 28.5 Å². The highest BCUT2D eigenvalue weighted by molar-refractivity contribution is 6.29. The molecule has 2 aromatic rings. The van der Waals surface area contributed by atoms with Crippen molar-refractivity contribution < 1.29 is 4.79 Å². The lowest BCUT2D eigenvalue weighted by molar-refractivity contribution is 0.101. The molecule has 0 aliphatic carbocycles. The van der Waals surface area contributed by atoms with Crippen LogP contribution >= 0.6 is 11.6 Å². The van der Waals surface area contributed by atoms with Gasteiger partial charge in [-0.1, -0.05) is 11.6 Å². The lowest BCUT2D eigenvalue weighted by atomic mass is 10.1. The summed E-state index contributed by atoms with van der Waals surface area (Å²) in [6, 6.07) is 7.50. The molecule has 0 unspecified atom stereocenters. The predicted octanol–water partition coefficient (Wildman–Crippen LogP) is 2.71. The number of aromatic nitrogens is 2. The fraction of sp³-hybridized carbons (Fsp3) is 0.333. The van der Waals surface area contributed by atoms with Crippen molar-refractivity contribution in [3.63, 3.8) is 0 Å². The van der Waals surface area contributed by atoms with E-state index in [1.54, 1.807) is 18.3 Å². The number of piperidine rings is 1. The van der Waals surface area contributed by atoms with Gasteiger partial charge in [0, 0.05) is 24.1 Å². The van der Waals surface area contributed by atoms with E-state index in [2.05, 4.69) is 20.2 Å². The Morgan fingerprint density at radius 2 is 2.19 bits per heavy atom. The number of hydrogen-bond donors (Lipinski definition) is 2. The Bertz CT molecular complexity index is 634. The van der Waals surface area contributed by atoms with E-state index < -0.39 is 0 Å². The van der Waals surface area contributed by atoms with Crippen LogP contribution in [0.15, 0.2) is 36.7 Å². The number of pyridine rings is 1. The minimum Gasteiger partial charge on any atom is -0.340 e. The van der Waals surface area contributed by atoms with Crippen LogP contribution in [0, 0.1) is 0 Å². The molecule has 0 atom stereocenters. The molecular formula is C15H17ClN4O. The van der Waals surface area contributed by atoms with E-state index >= 15 is 0 Å². The maximum Gasteiger partial charge on any atom is 0.272 e. The highest BCUT2D eigenvalue weighted by Gasteiger charge is 2.20. The highest BCUT2D eigenvalue weighted by atomic mass is 35.5. The van der Waals surface area contributed by atoms with Gasteiger partial charge in [-0.25, -0.2) is 4.98 Å². The Kier molecular flexibility index (Phi) is 4.22. The molecule has 1 amide bonds. The van der Waals surface area contributed by atoms with Gasteiger partial charge in [0.15, 0.2) is 0 Å². The lowest BCUT2D eigenvalue weighted by Crippen LogP contribution is -2.31. The molecule has 3 rings (SSSR count). The van der Waals surface area contributed by atoms with E-state index in [0.29, 0.717) is 22.6 Å². The first-order valence-corrected chi connectivity index (χ1v) is 7.42. The van der Waals surface area contributed by atoms with Crippen molar-refractivity contribution in [3.05, 3.63) is 47.5 Å². The van der Waals surface area contributed by atoms with E-state index in [4.69, 9.17) is 11.6 Å². The van der Waals surface area contributed by atoms with Crippen LogP contribution in [0.4, 0.5) is 5.69 Å². The van der Waals surface area contributed by atoms with Crippen molar-refractivity contribution >= 4 is 23.2 Å². The fourth-order valence-electron chi connectivity index (χ4n) is 2.66. The van der Waals surface area contributed by atoms with E-state index in [9.17, 15) is 4.79 Å². The van der Waals surface area contributed by atoms with Gasteiger partial charge in [0.2, 0.25) is 0 Å². The fourth-order valence-corrected chi connectivity index (χ4v) is 2.84. The Labute approximate surface area is 128 Å². The van der Waals surface area contributed by atoms with E-state index in [1.165, 1.54) is 0 Å². The summed E-state index contributed by atoms with van der Waals surface area (Å²) >= 11 is 5.83. The molecule has 1 aliphatic heterocycles. The normalized spacial score (nSPS) is 15.9. The number of hydrogen-bond acceptors (Lipinski definition) is 3. The molecular weight excluding hydrogens is 288 g/mol. The first kappa shape index (κ1) is 14.1. The molecule has 0 spiro atoms. The van der Waals surface area contributed by atoms with E-state index in [0.717, 1.165) is 25.9 Å². The van der Waals surface area contributed by atoms with Crippen LogP contribution in [0.5, 0.6) is 0 Å². The van der Waals surface area contributed by atoms with Crippen molar-refractivity contribution in [2.45, 2.75) is 18.9 Å². The topological polar surface area (TPSA) is 59.0 Å². The molecule has 6 heteroatoms. The smallest absolute Gasteiger partial charge is 0.272 e. The zero-order valence-corrected chi connectivity index (χ0v) is 12.3. The lowest BCUT2D eigenvalue weighted by Gasteiger charge is -2.25. The third-order valence-electron chi connectivity index (χ3n) is 3.70. The van der Waals surface area contributed by atoms with Gasteiger partial charge in [0.25, 0.3) is 5.91 Å². The maximum absolute atomic E-state index is 12.4.